The maximum absolute atomic E-state index is 6.18. The van der Waals surface area contributed by atoms with Gasteiger partial charge in [0.15, 0.2) is 0 Å². The van der Waals surface area contributed by atoms with E-state index in [1.165, 1.54) is 57.4 Å². The van der Waals surface area contributed by atoms with Gasteiger partial charge in [0.25, 0.3) is 0 Å². The summed E-state index contributed by atoms with van der Waals surface area (Å²) < 4.78 is 0. The lowest BCUT2D eigenvalue weighted by atomic mass is 9.95. The Morgan fingerprint density at radius 3 is 2.33 bits per heavy atom. The van der Waals surface area contributed by atoms with E-state index in [9.17, 15) is 0 Å². The Hall–Kier alpha value is -0.900. The highest BCUT2D eigenvalue weighted by atomic mass is 15.3. The third-order valence-corrected chi connectivity index (χ3v) is 5.45. The normalized spacial score (nSPS) is 26.0. The van der Waals surface area contributed by atoms with Gasteiger partial charge in [0.2, 0.25) is 0 Å². The molecule has 0 radical (unpaired) electrons. The topological polar surface area (TPSA) is 32.5 Å². The van der Waals surface area contributed by atoms with Crippen molar-refractivity contribution in [2.45, 2.75) is 43.7 Å². The molecule has 4 rings (SSSR count). The van der Waals surface area contributed by atoms with Crippen LogP contribution in [-0.4, -0.2) is 48.6 Å². The van der Waals surface area contributed by atoms with Gasteiger partial charge in [-0.15, -0.1) is 0 Å². The van der Waals surface area contributed by atoms with Crippen LogP contribution < -0.4 is 5.73 Å². The van der Waals surface area contributed by atoms with Crippen molar-refractivity contribution in [3.8, 4) is 0 Å². The summed E-state index contributed by atoms with van der Waals surface area (Å²) in [6.07, 6.45) is 5.57. The van der Waals surface area contributed by atoms with Gasteiger partial charge in [0, 0.05) is 44.8 Å². The van der Waals surface area contributed by atoms with Crippen molar-refractivity contribution in [2.24, 2.45) is 5.73 Å². The number of nitrogens with zero attached hydrogens (tertiary/aromatic N) is 2. The van der Waals surface area contributed by atoms with Gasteiger partial charge < -0.3 is 5.73 Å². The SMILES string of the molecule is NCC(c1ccccc1C1CC1)N1CCN(C2CC2)CC1. The molecule has 1 aromatic carbocycles. The third kappa shape index (κ3) is 2.87. The van der Waals surface area contributed by atoms with Crippen molar-refractivity contribution in [1.82, 2.24) is 9.80 Å². The first kappa shape index (κ1) is 13.7. The number of rotatable bonds is 5. The van der Waals surface area contributed by atoms with Gasteiger partial charge in [-0.2, -0.15) is 0 Å². The third-order valence-electron chi connectivity index (χ3n) is 5.45. The molecule has 2 saturated carbocycles. The molecular weight excluding hydrogens is 258 g/mol. The highest BCUT2D eigenvalue weighted by molar-refractivity contribution is 5.36. The number of piperazine rings is 1. The van der Waals surface area contributed by atoms with Crippen LogP contribution >= 0.6 is 0 Å². The maximum Gasteiger partial charge on any atom is 0.0474 e. The first-order valence-electron chi connectivity index (χ1n) is 8.64. The summed E-state index contributed by atoms with van der Waals surface area (Å²) in [6, 6.07) is 10.3. The molecule has 0 spiro atoms. The molecule has 2 aliphatic carbocycles. The van der Waals surface area contributed by atoms with E-state index in [0.717, 1.165) is 18.5 Å². The second-order valence-electron chi connectivity index (χ2n) is 6.96. The fourth-order valence-corrected chi connectivity index (χ4v) is 3.91. The lowest BCUT2D eigenvalue weighted by molar-refractivity contribution is 0.0935. The number of nitrogens with two attached hydrogens (primary N) is 1. The molecule has 2 N–H and O–H groups in total. The summed E-state index contributed by atoms with van der Waals surface area (Å²) in [4.78, 5) is 5.30. The molecule has 1 aliphatic heterocycles. The first-order valence-corrected chi connectivity index (χ1v) is 8.64. The zero-order valence-corrected chi connectivity index (χ0v) is 12.9. The maximum atomic E-state index is 6.18. The Bertz CT molecular complexity index is 485. The van der Waals surface area contributed by atoms with Crippen molar-refractivity contribution < 1.29 is 0 Å². The zero-order chi connectivity index (χ0) is 14.2. The molecule has 3 aliphatic rings. The van der Waals surface area contributed by atoms with Gasteiger partial charge in [0.1, 0.15) is 0 Å². The molecule has 0 amide bonds. The van der Waals surface area contributed by atoms with Crippen LogP contribution in [0.25, 0.3) is 0 Å². The van der Waals surface area contributed by atoms with Gasteiger partial charge >= 0.3 is 0 Å². The van der Waals surface area contributed by atoms with E-state index < -0.39 is 0 Å². The lowest BCUT2D eigenvalue weighted by Crippen LogP contribution is -2.49. The number of benzene rings is 1. The van der Waals surface area contributed by atoms with Crippen LogP contribution in [0, 0.1) is 0 Å². The molecule has 0 bridgehead atoms. The summed E-state index contributed by atoms with van der Waals surface area (Å²) in [5.74, 6) is 0.808. The fourth-order valence-electron chi connectivity index (χ4n) is 3.91. The van der Waals surface area contributed by atoms with Crippen LogP contribution in [0.5, 0.6) is 0 Å². The Balaban J connectivity index is 1.49. The van der Waals surface area contributed by atoms with E-state index in [4.69, 9.17) is 5.73 Å². The van der Waals surface area contributed by atoms with Crippen molar-refractivity contribution >= 4 is 0 Å². The minimum Gasteiger partial charge on any atom is -0.329 e. The molecule has 3 fully saturated rings. The van der Waals surface area contributed by atoms with Crippen molar-refractivity contribution in [3.05, 3.63) is 35.4 Å². The highest BCUT2D eigenvalue weighted by Crippen LogP contribution is 2.43. The standard InChI is InChI=1S/C18H27N3/c19-13-18(17-4-2-1-3-16(17)14-5-6-14)21-11-9-20(10-12-21)15-7-8-15/h1-4,14-15,18H,5-13,19H2. The molecule has 1 heterocycles. The van der Waals surface area contributed by atoms with Gasteiger partial charge in [-0.05, 0) is 42.7 Å². The molecule has 1 saturated heterocycles. The summed E-state index contributed by atoms with van der Waals surface area (Å²) >= 11 is 0. The van der Waals surface area contributed by atoms with Crippen molar-refractivity contribution in [3.63, 3.8) is 0 Å². The van der Waals surface area contributed by atoms with E-state index in [1.807, 2.05) is 0 Å². The van der Waals surface area contributed by atoms with Gasteiger partial charge in [-0.1, -0.05) is 24.3 Å². The quantitative estimate of drug-likeness (QED) is 0.901. The van der Waals surface area contributed by atoms with Crippen LogP contribution in [0.4, 0.5) is 0 Å². The van der Waals surface area contributed by atoms with E-state index >= 15 is 0 Å². The first-order chi connectivity index (χ1) is 10.4. The highest BCUT2D eigenvalue weighted by Gasteiger charge is 2.34. The van der Waals surface area contributed by atoms with Crippen LogP contribution in [-0.2, 0) is 0 Å². The second kappa shape index (κ2) is 5.71. The Morgan fingerprint density at radius 1 is 1.00 bits per heavy atom. The molecule has 1 unspecified atom stereocenters. The molecule has 3 nitrogen and oxygen atoms in total. The van der Waals surface area contributed by atoms with Crippen LogP contribution in [0.1, 0.15) is 48.8 Å². The van der Waals surface area contributed by atoms with Crippen LogP contribution in [0.2, 0.25) is 0 Å². The van der Waals surface area contributed by atoms with E-state index in [-0.39, 0.29) is 0 Å². The predicted molar refractivity (Wildman–Crippen MR) is 86.4 cm³/mol. The lowest BCUT2D eigenvalue weighted by Gasteiger charge is -2.39. The molecule has 1 aromatic rings. The van der Waals surface area contributed by atoms with Crippen LogP contribution in [0.15, 0.2) is 24.3 Å². The number of hydrogen-bond acceptors (Lipinski definition) is 3. The van der Waals surface area contributed by atoms with Crippen molar-refractivity contribution in [2.75, 3.05) is 32.7 Å². The average molecular weight is 285 g/mol. The average Bonchev–Trinajstić information content (AvgIpc) is 3.42. The molecule has 3 heteroatoms. The molecule has 1 atom stereocenters. The number of hydrogen-bond donors (Lipinski definition) is 1. The minimum absolute atomic E-state index is 0.420. The molecular formula is C18H27N3. The molecule has 21 heavy (non-hydrogen) atoms. The summed E-state index contributed by atoms with van der Waals surface area (Å²) in [5.41, 5.74) is 9.25. The smallest absolute Gasteiger partial charge is 0.0474 e. The summed E-state index contributed by atoms with van der Waals surface area (Å²) in [6.45, 7) is 5.56. The van der Waals surface area contributed by atoms with Gasteiger partial charge in [0.05, 0.1) is 0 Å². The monoisotopic (exact) mass is 285 g/mol. The Morgan fingerprint density at radius 2 is 1.71 bits per heavy atom. The zero-order valence-electron chi connectivity index (χ0n) is 12.9. The Labute approximate surface area is 128 Å². The second-order valence-corrected chi connectivity index (χ2v) is 6.96. The molecule has 114 valence electrons. The van der Waals surface area contributed by atoms with Gasteiger partial charge in [-0.3, -0.25) is 9.80 Å². The Kier molecular flexibility index (Phi) is 3.74. The van der Waals surface area contributed by atoms with Crippen molar-refractivity contribution in [1.29, 1.82) is 0 Å². The van der Waals surface area contributed by atoms with E-state index in [1.54, 1.807) is 5.56 Å². The summed E-state index contributed by atoms with van der Waals surface area (Å²) in [7, 11) is 0. The predicted octanol–water partition coefficient (Wildman–Crippen LogP) is 2.34. The minimum atomic E-state index is 0.420. The van der Waals surface area contributed by atoms with Crippen LogP contribution in [0.3, 0.4) is 0 Å². The largest absolute Gasteiger partial charge is 0.329 e. The molecule has 0 aromatic heterocycles. The van der Waals surface area contributed by atoms with Gasteiger partial charge in [-0.25, -0.2) is 0 Å². The van der Waals surface area contributed by atoms with E-state index in [0.29, 0.717) is 6.04 Å². The fraction of sp³-hybridized carbons (Fsp3) is 0.667. The van der Waals surface area contributed by atoms with E-state index in [2.05, 4.69) is 34.1 Å². The summed E-state index contributed by atoms with van der Waals surface area (Å²) in [5, 5.41) is 0.